The summed E-state index contributed by atoms with van der Waals surface area (Å²) >= 11 is 0. The Morgan fingerprint density at radius 1 is 1.04 bits per heavy atom. The Morgan fingerprint density at radius 3 is 2.29 bits per heavy atom. The van der Waals surface area contributed by atoms with Crippen LogP contribution in [0.1, 0.15) is 58.8 Å². The molecule has 1 saturated heterocycles. The van der Waals surface area contributed by atoms with Crippen LogP contribution >= 0.6 is 0 Å². The highest BCUT2D eigenvalue weighted by Crippen LogP contribution is 2.24. The molecule has 28 heavy (non-hydrogen) atoms. The topological polar surface area (TPSA) is 52.7 Å². The average Bonchev–Trinajstić information content (AvgIpc) is 2.71. The van der Waals surface area contributed by atoms with Gasteiger partial charge >= 0.3 is 0 Å². The third kappa shape index (κ3) is 5.57. The number of piperidine rings is 1. The third-order valence-corrected chi connectivity index (χ3v) is 6.09. The first-order valence-electron chi connectivity index (χ1n) is 10.9. The molecule has 2 fully saturated rings. The van der Waals surface area contributed by atoms with Crippen LogP contribution in [0.5, 0.6) is 0 Å². The molecule has 1 aromatic rings. The number of hydrogen-bond donors (Lipinski definition) is 1. The monoisotopic (exact) mass is 385 g/mol. The number of nitrogens with one attached hydrogen (secondary N) is 1. The molecule has 1 aromatic carbocycles. The molecule has 0 aromatic heterocycles. The fourth-order valence-electron chi connectivity index (χ4n) is 4.51. The normalized spacial score (nSPS) is 19.5. The van der Waals surface area contributed by atoms with Crippen molar-refractivity contribution in [1.82, 2.24) is 10.2 Å². The van der Waals surface area contributed by atoms with Crippen LogP contribution in [-0.4, -0.2) is 48.4 Å². The highest BCUT2D eigenvalue weighted by molar-refractivity contribution is 5.95. The molecule has 2 aliphatic rings. The number of hydrogen-bond acceptors (Lipinski definition) is 3. The quantitative estimate of drug-likeness (QED) is 0.814. The van der Waals surface area contributed by atoms with E-state index in [1.54, 1.807) is 0 Å². The molecule has 0 radical (unpaired) electrons. The maximum absolute atomic E-state index is 12.9. The maximum atomic E-state index is 12.9. The summed E-state index contributed by atoms with van der Waals surface area (Å²) in [7, 11) is 0. The fraction of sp³-hybridized carbons (Fsp3) is 0.652. The van der Waals surface area contributed by atoms with Crippen LogP contribution in [0, 0.1) is 5.92 Å². The van der Waals surface area contributed by atoms with Crippen molar-refractivity contribution in [3.05, 3.63) is 30.3 Å². The fourth-order valence-corrected chi connectivity index (χ4v) is 4.51. The molecule has 1 saturated carbocycles. The predicted octanol–water partition coefficient (Wildman–Crippen LogP) is 3.59. The summed E-state index contributed by atoms with van der Waals surface area (Å²) in [6.45, 7) is 6.27. The standard InChI is InChI=1S/C23H35N3O2/c1-18(2)26(21-11-7-4-8-12-21)22(27)17-25-15-13-20(14-16-25)24-23(28)19-9-5-3-6-10-19/h4,7-8,11-12,18-20H,3,5-6,9-10,13-17H2,1-2H3,(H,24,28). The second kappa shape index (κ2) is 10.1. The molecule has 1 aliphatic carbocycles. The number of anilines is 1. The second-order valence-electron chi connectivity index (χ2n) is 8.59. The average molecular weight is 386 g/mol. The molecular formula is C23H35N3O2. The van der Waals surface area contributed by atoms with Crippen molar-refractivity contribution in [3.63, 3.8) is 0 Å². The van der Waals surface area contributed by atoms with Gasteiger partial charge in [-0.1, -0.05) is 37.5 Å². The van der Waals surface area contributed by atoms with E-state index in [1.165, 1.54) is 19.3 Å². The minimum Gasteiger partial charge on any atom is -0.353 e. The van der Waals surface area contributed by atoms with E-state index < -0.39 is 0 Å². The lowest BCUT2D eigenvalue weighted by atomic mass is 9.88. The zero-order valence-electron chi connectivity index (χ0n) is 17.4. The van der Waals surface area contributed by atoms with E-state index in [4.69, 9.17) is 0 Å². The van der Waals surface area contributed by atoms with Gasteiger partial charge in [-0.2, -0.15) is 0 Å². The molecule has 1 heterocycles. The Hall–Kier alpha value is -1.88. The summed E-state index contributed by atoms with van der Waals surface area (Å²) in [5.41, 5.74) is 0.956. The minimum absolute atomic E-state index is 0.127. The number of benzene rings is 1. The van der Waals surface area contributed by atoms with E-state index in [0.29, 0.717) is 6.54 Å². The van der Waals surface area contributed by atoms with Gasteiger partial charge in [0.15, 0.2) is 0 Å². The van der Waals surface area contributed by atoms with E-state index in [9.17, 15) is 9.59 Å². The van der Waals surface area contributed by atoms with Gasteiger partial charge in [0.2, 0.25) is 11.8 Å². The van der Waals surface area contributed by atoms with Crippen molar-refractivity contribution >= 4 is 17.5 Å². The molecule has 5 heteroatoms. The van der Waals surface area contributed by atoms with Crippen molar-refractivity contribution < 1.29 is 9.59 Å². The SMILES string of the molecule is CC(C)N(C(=O)CN1CCC(NC(=O)C2CCCCC2)CC1)c1ccccc1. The van der Waals surface area contributed by atoms with Crippen molar-refractivity contribution in [2.45, 2.75) is 70.9 Å². The second-order valence-corrected chi connectivity index (χ2v) is 8.59. The Bertz CT molecular complexity index is 633. The van der Waals surface area contributed by atoms with Gasteiger partial charge in [0, 0.05) is 36.8 Å². The van der Waals surface area contributed by atoms with Crippen molar-refractivity contribution in [3.8, 4) is 0 Å². The number of amides is 2. The molecular weight excluding hydrogens is 350 g/mol. The Morgan fingerprint density at radius 2 is 1.68 bits per heavy atom. The summed E-state index contributed by atoms with van der Waals surface area (Å²) < 4.78 is 0. The summed E-state index contributed by atoms with van der Waals surface area (Å²) in [5, 5.41) is 3.27. The highest BCUT2D eigenvalue weighted by atomic mass is 16.2. The van der Waals surface area contributed by atoms with Crippen LogP contribution in [-0.2, 0) is 9.59 Å². The van der Waals surface area contributed by atoms with Gasteiger partial charge in [0.05, 0.1) is 6.54 Å². The first-order valence-corrected chi connectivity index (χ1v) is 10.9. The predicted molar refractivity (Wildman–Crippen MR) is 113 cm³/mol. The molecule has 2 amide bonds. The zero-order chi connectivity index (χ0) is 19.9. The van der Waals surface area contributed by atoms with Gasteiger partial charge in [-0.05, 0) is 51.7 Å². The minimum atomic E-state index is 0.127. The van der Waals surface area contributed by atoms with Crippen LogP contribution in [0.3, 0.4) is 0 Å². The van der Waals surface area contributed by atoms with Gasteiger partial charge in [0.25, 0.3) is 0 Å². The molecule has 154 valence electrons. The first kappa shape index (κ1) is 20.8. The lowest BCUT2D eigenvalue weighted by Crippen LogP contribution is -2.50. The van der Waals surface area contributed by atoms with Crippen LogP contribution in [0.15, 0.2) is 30.3 Å². The van der Waals surface area contributed by atoms with Crippen LogP contribution in [0.25, 0.3) is 0 Å². The Labute approximate surface area is 169 Å². The van der Waals surface area contributed by atoms with Crippen LogP contribution in [0.2, 0.25) is 0 Å². The number of likely N-dealkylation sites (tertiary alicyclic amines) is 1. The third-order valence-electron chi connectivity index (χ3n) is 6.09. The van der Waals surface area contributed by atoms with E-state index in [2.05, 4.69) is 24.1 Å². The molecule has 0 spiro atoms. The van der Waals surface area contributed by atoms with E-state index in [-0.39, 0.29) is 29.8 Å². The zero-order valence-corrected chi connectivity index (χ0v) is 17.4. The first-order chi connectivity index (χ1) is 13.5. The van der Waals surface area contributed by atoms with Crippen LogP contribution in [0.4, 0.5) is 5.69 Å². The molecule has 0 unspecified atom stereocenters. The summed E-state index contributed by atoms with van der Waals surface area (Å²) in [4.78, 5) is 29.5. The molecule has 5 nitrogen and oxygen atoms in total. The molecule has 0 bridgehead atoms. The summed E-state index contributed by atoms with van der Waals surface area (Å²) in [6, 6.07) is 10.3. The smallest absolute Gasteiger partial charge is 0.241 e. The van der Waals surface area contributed by atoms with E-state index in [0.717, 1.165) is 44.5 Å². The van der Waals surface area contributed by atoms with E-state index in [1.807, 2.05) is 35.2 Å². The summed E-state index contributed by atoms with van der Waals surface area (Å²) in [6.07, 6.45) is 7.59. The van der Waals surface area contributed by atoms with Gasteiger partial charge in [-0.15, -0.1) is 0 Å². The van der Waals surface area contributed by atoms with Crippen molar-refractivity contribution in [1.29, 1.82) is 0 Å². The van der Waals surface area contributed by atoms with Gasteiger partial charge in [0.1, 0.15) is 0 Å². The molecule has 0 atom stereocenters. The summed E-state index contributed by atoms with van der Waals surface area (Å²) in [5.74, 6) is 0.619. The maximum Gasteiger partial charge on any atom is 0.241 e. The number of nitrogens with zero attached hydrogens (tertiary/aromatic N) is 2. The number of carbonyl (C=O) groups is 2. The Kier molecular flexibility index (Phi) is 7.49. The highest BCUT2D eigenvalue weighted by Gasteiger charge is 2.28. The lowest BCUT2D eigenvalue weighted by Gasteiger charge is -2.35. The number of rotatable bonds is 6. The molecule has 1 N–H and O–H groups in total. The van der Waals surface area contributed by atoms with Gasteiger partial charge in [-0.3, -0.25) is 14.5 Å². The van der Waals surface area contributed by atoms with Gasteiger partial charge in [-0.25, -0.2) is 0 Å². The van der Waals surface area contributed by atoms with E-state index >= 15 is 0 Å². The molecule has 3 rings (SSSR count). The van der Waals surface area contributed by atoms with Crippen molar-refractivity contribution in [2.24, 2.45) is 5.92 Å². The number of carbonyl (C=O) groups excluding carboxylic acids is 2. The lowest BCUT2D eigenvalue weighted by molar-refractivity contribution is -0.127. The van der Waals surface area contributed by atoms with Crippen LogP contribution < -0.4 is 10.2 Å². The number of para-hydroxylation sites is 1. The van der Waals surface area contributed by atoms with Gasteiger partial charge < -0.3 is 10.2 Å². The molecule has 1 aliphatic heterocycles. The Balaban J connectivity index is 1.46. The van der Waals surface area contributed by atoms with Crippen molar-refractivity contribution in [2.75, 3.05) is 24.5 Å². The largest absolute Gasteiger partial charge is 0.353 e.